The molecule has 1 aromatic rings. The van der Waals surface area contributed by atoms with Crippen LogP contribution in [-0.2, 0) is 11.3 Å². The van der Waals surface area contributed by atoms with Gasteiger partial charge in [0, 0.05) is 11.3 Å². The molecule has 6 heteroatoms. The van der Waals surface area contributed by atoms with E-state index in [1.807, 2.05) is 12.1 Å². The Kier molecular flexibility index (Phi) is 7.76. The van der Waals surface area contributed by atoms with Gasteiger partial charge in [0.1, 0.15) is 0 Å². The van der Waals surface area contributed by atoms with Crippen molar-refractivity contribution in [2.45, 2.75) is 32.2 Å². The Morgan fingerprint density at radius 3 is 2.79 bits per heavy atom. The van der Waals surface area contributed by atoms with Gasteiger partial charge in [-0.1, -0.05) is 11.6 Å². The summed E-state index contributed by atoms with van der Waals surface area (Å²) in [6.07, 6.45) is 4.06. The first-order valence-corrected chi connectivity index (χ1v) is 7.65. The van der Waals surface area contributed by atoms with Gasteiger partial charge < -0.3 is 10.6 Å². The molecular weight excluding hydrogens is 303 g/mol. The van der Waals surface area contributed by atoms with Gasteiger partial charge in [-0.15, -0.1) is 23.7 Å². The van der Waals surface area contributed by atoms with Crippen LogP contribution in [0.2, 0.25) is 4.34 Å². The zero-order chi connectivity index (χ0) is 12.8. The second-order valence-electron chi connectivity index (χ2n) is 4.71. The van der Waals surface area contributed by atoms with Crippen LogP contribution in [0.3, 0.4) is 0 Å². The molecule has 2 rings (SSSR count). The summed E-state index contributed by atoms with van der Waals surface area (Å²) < 4.78 is 0.772. The highest BCUT2D eigenvalue weighted by atomic mass is 35.5. The van der Waals surface area contributed by atoms with E-state index in [4.69, 9.17) is 11.6 Å². The number of piperidine rings is 1. The van der Waals surface area contributed by atoms with E-state index < -0.39 is 0 Å². The fraction of sp³-hybridized carbons (Fsp3) is 0.615. The lowest BCUT2D eigenvalue weighted by molar-refractivity contribution is -0.121. The average Bonchev–Trinajstić information content (AvgIpc) is 2.81. The van der Waals surface area contributed by atoms with Gasteiger partial charge in [-0.05, 0) is 50.4 Å². The number of nitrogens with one attached hydrogen (secondary N) is 2. The van der Waals surface area contributed by atoms with Crippen molar-refractivity contribution in [1.82, 2.24) is 10.6 Å². The number of carbonyl (C=O) groups is 1. The summed E-state index contributed by atoms with van der Waals surface area (Å²) in [6.45, 7) is 2.79. The number of rotatable bonds is 5. The molecule has 1 fully saturated rings. The van der Waals surface area contributed by atoms with Crippen molar-refractivity contribution in [2.75, 3.05) is 13.1 Å². The SMILES string of the molecule is Cl.O=C(CCC1CCNCC1)NCc1ccc(Cl)s1. The summed E-state index contributed by atoms with van der Waals surface area (Å²) in [5, 5.41) is 6.29. The van der Waals surface area contributed by atoms with Crippen LogP contribution in [0.5, 0.6) is 0 Å². The highest BCUT2D eigenvalue weighted by Gasteiger charge is 2.14. The largest absolute Gasteiger partial charge is 0.351 e. The molecule has 0 atom stereocenters. The molecule has 0 spiro atoms. The molecule has 0 radical (unpaired) electrons. The molecule has 0 aromatic carbocycles. The van der Waals surface area contributed by atoms with E-state index >= 15 is 0 Å². The molecule has 3 nitrogen and oxygen atoms in total. The van der Waals surface area contributed by atoms with Crippen molar-refractivity contribution >= 4 is 41.3 Å². The number of thiophene rings is 1. The Morgan fingerprint density at radius 2 is 2.16 bits per heavy atom. The normalized spacial score (nSPS) is 15.8. The first kappa shape index (κ1) is 16.8. The Morgan fingerprint density at radius 1 is 1.42 bits per heavy atom. The van der Waals surface area contributed by atoms with Crippen LogP contribution in [-0.4, -0.2) is 19.0 Å². The lowest BCUT2D eigenvalue weighted by atomic mass is 9.93. The van der Waals surface area contributed by atoms with Crippen LogP contribution in [0.4, 0.5) is 0 Å². The minimum Gasteiger partial charge on any atom is -0.351 e. The summed E-state index contributed by atoms with van der Waals surface area (Å²) in [7, 11) is 0. The summed E-state index contributed by atoms with van der Waals surface area (Å²) >= 11 is 7.36. The third kappa shape index (κ3) is 6.13. The monoisotopic (exact) mass is 322 g/mol. The molecular formula is C13H20Cl2N2OS. The Balaban J connectivity index is 0.00000180. The zero-order valence-electron chi connectivity index (χ0n) is 10.8. The maximum atomic E-state index is 11.7. The molecule has 0 saturated carbocycles. The van der Waals surface area contributed by atoms with Crippen LogP contribution in [0.1, 0.15) is 30.6 Å². The van der Waals surface area contributed by atoms with Crippen molar-refractivity contribution in [3.05, 3.63) is 21.3 Å². The van der Waals surface area contributed by atoms with Crippen molar-refractivity contribution in [1.29, 1.82) is 0 Å². The summed E-state index contributed by atoms with van der Waals surface area (Å²) in [5.74, 6) is 0.867. The van der Waals surface area contributed by atoms with Crippen molar-refractivity contribution in [3.8, 4) is 0 Å². The molecule has 2 N–H and O–H groups in total. The van der Waals surface area contributed by atoms with E-state index in [0.29, 0.717) is 18.9 Å². The summed E-state index contributed by atoms with van der Waals surface area (Å²) in [5.41, 5.74) is 0. The van der Waals surface area contributed by atoms with Crippen molar-refractivity contribution in [3.63, 3.8) is 0 Å². The lowest BCUT2D eigenvalue weighted by Gasteiger charge is -2.22. The summed E-state index contributed by atoms with van der Waals surface area (Å²) in [4.78, 5) is 12.8. The standard InChI is InChI=1S/C13H19ClN2OS.ClH/c14-12-3-2-11(18-12)9-16-13(17)4-1-10-5-7-15-8-6-10;/h2-3,10,15H,1,4-9H2,(H,16,17);1H. The van der Waals surface area contributed by atoms with Gasteiger partial charge in [-0.3, -0.25) is 4.79 Å². The van der Waals surface area contributed by atoms with E-state index in [9.17, 15) is 4.79 Å². The molecule has 19 heavy (non-hydrogen) atoms. The first-order chi connectivity index (χ1) is 8.74. The third-order valence-electron chi connectivity index (χ3n) is 3.33. The van der Waals surface area contributed by atoms with Crippen LogP contribution < -0.4 is 10.6 Å². The smallest absolute Gasteiger partial charge is 0.220 e. The maximum absolute atomic E-state index is 11.7. The van der Waals surface area contributed by atoms with Gasteiger partial charge in [0.05, 0.1) is 10.9 Å². The predicted octanol–water partition coefficient (Wildman–Crippen LogP) is 3.22. The number of halogens is 2. The van der Waals surface area contributed by atoms with Gasteiger partial charge in [0.25, 0.3) is 0 Å². The second-order valence-corrected chi connectivity index (χ2v) is 6.51. The van der Waals surface area contributed by atoms with E-state index in [0.717, 1.165) is 28.7 Å². The van der Waals surface area contributed by atoms with Crippen LogP contribution in [0.15, 0.2) is 12.1 Å². The molecule has 108 valence electrons. The molecule has 1 amide bonds. The van der Waals surface area contributed by atoms with E-state index in [1.165, 1.54) is 24.2 Å². The van der Waals surface area contributed by atoms with Gasteiger partial charge >= 0.3 is 0 Å². The van der Waals surface area contributed by atoms with Crippen molar-refractivity contribution < 1.29 is 4.79 Å². The summed E-state index contributed by atoms with van der Waals surface area (Å²) in [6, 6.07) is 3.82. The lowest BCUT2D eigenvalue weighted by Crippen LogP contribution is -2.29. The first-order valence-electron chi connectivity index (χ1n) is 6.45. The van der Waals surface area contributed by atoms with E-state index in [-0.39, 0.29) is 18.3 Å². The number of hydrogen-bond donors (Lipinski definition) is 2. The molecule has 2 heterocycles. The van der Waals surface area contributed by atoms with E-state index in [1.54, 1.807) is 0 Å². The van der Waals surface area contributed by atoms with Gasteiger partial charge in [0.2, 0.25) is 5.91 Å². The predicted molar refractivity (Wildman–Crippen MR) is 83.3 cm³/mol. The van der Waals surface area contributed by atoms with Crippen LogP contribution in [0.25, 0.3) is 0 Å². The minimum absolute atomic E-state index is 0. The fourth-order valence-corrected chi connectivity index (χ4v) is 3.25. The second kappa shape index (κ2) is 8.80. The molecule has 0 aliphatic carbocycles. The number of hydrogen-bond acceptors (Lipinski definition) is 3. The molecule has 1 aliphatic rings. The Labute approximate surface area is 129 Å². The van der Waals surface area contributed by atoms with Gasteiger partial charge in [-0.25, -0.2) is 0 Å². The maximum Gasteiger partial charge on any atom is 0.220 e. The molecule has 0 bridgehead atoms. The van der Waals surface area contributed by atoms with Gasteiger partial charge in [-0.2, -0.15) is 0 Å². The van der Waals surface area contributed by atoms with E-state index in [2.05, 4.69) is 10.6 Å². The number of amides is 1. The molecule has 0 unspecified atom stereocenters. The van der Waals surface area contributed by atoms with Gasteiger partial charge in [0.15, 0.2) is 0 Å². The fourth-order valence-electron chi connectivity index (χ4n) is 2.23. The quantitative estimate of drug-likeness (QED) is 0.873. The highest BCUT2D eigenvalue weighted by molar-refractivity contribution is 7.16. The average molecular weight is 323 g/mol. The van der Waals surface area contributed by atoms with Crippen LogP contribution in [0, 0.1) is 5.92 Å². The minimum atomic E-state index is 0. The Hall–Kier alpha value is -0.290. The van der Waals surface area contributed by atoms with Crippen molar-refractivity contribution in [2.24, 2.45) is 5.92 Å². The third-order valence-corrected chi connectivity index (χ3v) is 4.56. The number of carbonyl (C=O) groups excluding carboxylic acids is 1. The molecule has 1 aliphatic heterocycles. The molecule has 1 saturated heterocycles. The topological polar surface area (TPSA) is 41.1 Å². The zero-order valence-corrected chi connectivity index (χ0v) is 13.2. The van der Waals surface area contributed by atoms with Crippen LogP contribution >= 0.6 is 35.3 Å². The highest BCUT2D eigenvalue weighted by Crippen LogP contribution is 2.21. The molecule has 1 aromatic heterocycles. The Bertz CT molecular complexity index is 392.